The van der Waals surface area contributed by atoms with Gasteiger partial charge in [0.1, 0.15) is 11.3 Å². The predicted molar refractivity (Wildman–Crippen MR) is 78.3 cm³/mol. The predicted octanol–water partition coefficient (Wildman–Crippen LogP) is 2.09. The minimum absolute atomic E-state index is 0.125. The highest BCUT2D eigenvalue weighted by Gasteiger charge is 2.45. The Kier molecular flexibility index (Phi) is 4.50. The molecular weight excluding hydrogens is 270 g/mol. The van der Waals surface area contributed by atoms with Crippen LogP contribution in [-0.2, 0) is 16.0 Å². The van der Waals surface area contributed by atoms with E-state index in [2.05, 4.69) is 0 Å². The van der Waals surface area contributed by atoms with Crippen LogP contribution in [0.25, 0.3) is 0 Å². The van der Waals surface area contributed by atoms with Crippen LogP contribution in [0.15, 0.2) is 24.3 Å². The summed E-state index contributed by atoms with van der Waals surface area (Å²) in [6, 6.07) is 7.56. The number of nitrogens with zero attached hydrogens (tertiary/aromatic N) is 1. The van der Waals surface area contributed by atoms with Gasteiger partial charge in [-0.15, -0.1) is 0 Å². The lowest BCUT2D eigenvalue weighted by Gasteiger charge is -2.31. The maximum atomic E-state index is 12.3. The van der Waals surface area contributed by atoms with Gasteiger partial charge >= 0.3 is 5.97 Å². The number of aryl methyl sites for hydroxylation is 1. The number of carbonyl (C=O) groups is 2. The summed E-state index contributed by atoms with van der Waals surface area (Å²) in [4.78, 5) is 25.1. The van der Waals surface area contributed by atoms with Gasteiger partial charge in [-0.3, -0.25) is 4.79 Å². The third-order valence-corrected chi connectivity index (χ3v) is 4.11. The third-order valence-electron chi connectivity index (χ3n) is 4.11. The van der Waals surface area contributed by atoms with Gasteiger partial charge in [-0.25, -0.2) is 4.79 Å². The number of hydrogen-bond donors (Lipinski definition) is 1. The molecule has 1 aliphatic heterocycles. The number of carbonyl (C=O) groups excluding carboxylic acids is 1. The second-order valence-electron chi connectivity index (χ2n) is 5.48. The molecule has 2 rings (SSSR count). The molecule has 0 spiro atoms. The summed E-state index contributed by atoms with van der Waals surface area (Å²) in [5, 5.41) is 9.32. The fraction of sp³-hybridized carbons (Fsp3) is 0.500. The van der Waals surface area contributed by atoms with Crippen molar-refractivity contribution in [3.63, 3.8) is 0 Å². The van der Waals surface area contributed by atoms with Crippen molar-refractivity contribution in [3.8, 4) is 5.75 Å². The third kappa shape index (κ3) is 3.01. The van der Waals surface area contributed by atoms with Crippen LogP contribution in [0.2, 0.25) is 0 Å². The Morgan fingerprint density at radius 1 is 1.38 bits per heavy atom. The maximum Gasteiger partial charge on any atom is 0.329 e. The number of ether oxygens (including phenoxy) is 1. The van der Waals surface area contributed by atoms with Crippen molar-refractivity contribution in [1.29, 1.82) is 0 Å². The van der Waals surface area contributed by atoms with Gasteiger partial charge in [0.25, 0.3) is 5.91 Å². The first kappa shape index (κ1) is 15.4. The number of carboxylic acid groups (broad SMARTS) is 1. The van der Waals surface area contributed by atoms with E-state index in [1.807, 2.05) is 31.2 Å². The second-order valence-corrected chi connectivity index (χ2v) is 5.48. The molecule has 1 atom stereocenters. The monoisotopic (exact) mass is 291 g/mol. The van der Waals surface area contributed by atoms with Gasteiger partial charge in [-0.1, -0.05) is 25.1 Å². The van der Waals surface area contributed by atoms with Gasteiger partial charge in [-0.05, 0) is 37.8 Å². The Balaban J connectivity index is 2.03. The molecule has 1 N–H and O–H groups in total. The van der Waals surface area contributed by atoms with Crippen LogP contribution < -0.4 is 4.74 Å². The Labute approximate surface area is 124 Å². The Morgan fingerprint density at radius 2 is 2.10 bits per heavy atom. The number of benzene rings is 1. The van der Waals surface area contributed by atoms with E-state index in [0.717, 1.165) is 12.0 Å². The normalized spacial score (nSPS) is 21.3. The van der Waals surface area contributed by atoms with Crippen molar-refractivity contribution >= 4 is 11.9 Å². The van der Waals surface area contributed by atoms with Crippen molar-refractivity contribution in [2.45, 2.75) is 38.6 Å². The molecule has 1 unspecified atom stereocenters. The molecule has 1 aliphatic rings. The van der Waals surface area contributed by atoms with Crippen LogP contribution in [0, 0.1) is 0 Å². The van der Waals surface area contributed by atoms with Gasteiger partial charge < -0.3 is 14.7 Å². The summed E-state index contributed by atoms with van der Waals surface area (Å²) in [6.07, 6.45) is 2.01. The van der Waals surface area contributed by atoms with Gasteiger partial charge in [0.2, 0.25) is 0 Å². The average molecular weight is 291 g/mol. The van der Waals surface area contributed by atoms with Crippen molar-refractivity contribution in [2.24, 2.45) is 0 Å². The first-order chi connectivity index (χ1) is 9.99. The first-order valence-electron chi connectivity index (χ1n) is 7.23. The molecule has 21 heavy (non-hydrogen) atoms. The topological polar surface area (TPSA) is 66.8 Å². The zero-order chi connectivity index (χ0) is 15.5. The molecule has 0 aliphatic carbocycles. The molecule has 1 amide bonds. The van der Waals surface area contributed by atoms with E-state index in [4.69, 9.17) is 4.74 Å². The van der Waals surface area contributed by atoms with Crippen molar-refractivity contribution in [3.05, 3.63) is 29.8 Å². The molecule has 5 nitrogen and oxygen atoms in total. The highest BCUT2D eigenvalue weighted by Crippen LogP contribution is 2.29. The largest absolute Gasteiger partial charge is 0.483 e. The molecule has 5 heteroatoms. The van der Waals surface area contributed by atoms with E-state index in [1.165, 1.54) is 4.90 Å². The molecular formula is C16H21NO4. The lowest BCUT2D eigenvalue weighted by atomic mass is 9.99. The summed E-state index contributed by atoms with van der Waals surface area (Å²) in [6.45, 7) is 3.96. The number of hydrogen-bond acceptors (Lipinski definition) is 3. The molecule has 0 aromatic heterocycles. The molecule has 1 aromatic rings. The molecule has 1 aromatic carbocycles. The van der Waals surface area contributed by atoms with E-state index in [-0.39, 0.29) is 12.5 Å². The standard InChI is InChI=1S/C16H21NO4/c1-3-12-7-4-5-8-13(12)21-11-14(18)17-10-6-9-16(17,2)15(19)20/h4-5,7-8H,3,6,9-11H2,1-2H3,(H,19,20). The van der Waals surface area contributed by atoms with Gasteiger partial charge in [0.05, 0.1) is 0 Å². The molecule has 1 heterocycles. The highest BCUT2D eigenvalue weighted by molar-refractivity contribution is 5.88. The van der Waals surface area contributed by atoms with E-state index in [1.54, 1.807) is 6.92 Å². The second kappa shape index (κ2) is 6.16. The zero-order valence-corrected chi connectivity index (χ0v) is 12.5. The number of amides is 1. The summed E-state index contributed by atoms with van der Waals surface area (Å²) in [7, 11) is 0. The maximum absolute atomic E-state index is 12.3. The number of likely N-dealkylation sites (tertiary alicyclic amines) is 1. The van der Waals surface area contributed by atoms with E-state index in [9.17, 15) is 14.7 Å². The van der Waals surface area contributed by atoms with Crippen molar-refractivity contribution in [1.82, 2.24) is 4.90 Å². The van der Waals surface area contributed by atoms with Crippen LogP contribution in [0.4, 0.5) is 0 Å². The smallest absolute Gasteiger partial charge is 0.329 e. The quantitative estimate of drug-likeness (QED) is 0.902. The number of carboxylic acids is 1. The Hall–Kier alpha value is -2.04. The minimum atomic E-state index is -1.11. The average Bonchev–Trinajstić information content (AvgIpc) is 2.88. The molecule has 0 bridgehead atoms. The molecule has 1 fully saturated rings. The number of rotatable bonds is 5. The number of aliphatic carboxylic acids is 1. The molecule has 0 saturated carbocycles. The van der Waals surface area contributed by atoms with Crippen LogP contribution in [0.1, 0.15) is 32.3 Å². The highest BCUT2D eigenvalue weighted by atomic mass is 16.5. The van der Waals surface area contributed by atoms with E-state index >= 15 is 0 Å². The molecule has 1 saturated heterocycles. The van der Waals surface area contributed by atoms with Crippen LogP contribution in [0.5, 0.6) is 5.75 Å². The summed E-state index contributed by atoms with van der Waals surface area (Å²) in [5.41, 5.74) is -0.0715. The van der Waals surface area contributed by atoms with Crippen LogP contribution in [0.3, 0.4) is 0 Å². The van der Waals surface area contributed by atoms with Gasteiger partial charge in [0, 0.05) is 6.54 Å². The molecule has 0 radical (unpaired) electrons. The lowest BCUT2D eigenvalue weighted by Crippen LogP contribution is -2.52. The van der Waals surface area contributed by atoms with Gasteiger partial charge in [-0.2, -0.15) is 0 Å². The summed E-state index contributed by atoms with van der Waals surface area (Å²) < 4.78 is 5.59. The zero-order valence-electron chi connectivity index (χ0n) is 12.5. The Bertz CT molecular complexity index is 543. The lowest BCUT2D eigenvalue weighted by molar-refractivity contribution is -0.156. The summed E-state index contributed by atoms with van der Waals surface area (Å²) >= 11 is 0. The first-order valence-corrected chi connectivity index (χ1v) is 7.23. The Morgan fingerprint density at radius 3 is 2.76 bits per heavy atom. The molecule has 114 valence electrons. The van der Waals surface area contributed by atoms with E-state index in [0.29, 0.717) is 25.1 Å². The fourth-order valence-electron chi connectivity index (χ4n) is 2.74. The van der Waals surface area contributed by atoms with Crippen LogP contribution >= 0.6 is 0 Å². The fourth-order valence-corrected chi connectivity index (χ4v) is 2.74. The SMILES string of the molecule is CCc1ccccc1OCC(=O)N1CCCC1(C)C(=O)O. The van der Waals surface area contributed by atoms with E-state index < -0.39 is 11.5 Å². The minimum Gasteiger partial charge on any atom is -0.483 e. The van der Waals surface area contributed by atoms with Crippen LogP contribution in [-0.4, -0.2) is 40.6 Å². The van der Waals surface area contributed by atoms with Crippen molar-refractivity contribution < 1.29 is 19.4 Å². The van der Waals surface area contributed by atoms with Gasteiger partial charge in [0.15, 0.2) is 6.61 Å². The number of para-hydroxylation sites is 1. The van der Waals surface area contributed by atoms with Crippen molar-refractivity contribution in [2.75, 3.05) is 13.2 Å². The summed E-state index contributed by atoms with van der Waals surface area (Å²) in [5.74, 6) is -0.546.